The lowest BCUT2D eigenvalue weighted by Crippen LogP contribution is -2.43. The topological polar surface area (TPSA) is 60.5 Å². The van der Waals surface area contributed by atoms with Gasteiger partial charge in [-0.1, -0.05) is 47.5 Å². The average Bonchev–Trinajstić information content (AvgIpc) is 3.76. The van der Waals surface area contributed by atoms with Crippen LogP contribution in [0.4, 0.5) is 5.82 Å². The average molecular weight is 766 g/mol. The number of likely N-dealkylation sites (tertiary alicyclic amines) is 1. The highest BCUT2D eigenvalue weighted by Gasteiger charge is 2.38. The molecule has 282 valence electrons. The minimum atomic E-state index is -0.0182. The Hall–Kier alpha value is -4.24. The van der Waals surface area contributed by atoms with E-state index in [0.29, 0.717) is 30.5 Å². The van der Waals surface area contributed by atoms with E-state index in [1.54, 1.807) is 0 Å². The Morgan fingerprint density at radius 1 is 0.926 bits per heavy atom. The summed E-state index contributed by atoms with van der Waals surface area (Å²) in [5.74, 6) is 2.30. The van der Waals surface area contributed by atoms with Crippen molar-refractivity contribution in [2.75, 3.05) is 38.2 Å². The highest BCUT2D eigenvalue weighted by atomic mass is 35.5. The molecular weight excluding hydrogens is 715 g/mol. The van der Waals surface area contributed by atoms with Crippen molar-refractivity contribution < 1.29 is 9.53 Å². The summed E-state index contributed by atoms with van der Waals surface area (Å²) in [5, 5.41) is 8.74. The number of para-hydroxylation sites is 1. The molecule has 0 aliphatic carbocycles. The predicted molar refractivity (Wildman–Crippen MR) is 222 cm³/mol. The molecule has 5 heterocycles. The second-order valence-corrected chi connectivity index (χ2v) is 16.5. The van der Waals surface area contributed by atoms with E-state index in [9.17, 15) is 0 Å². The van der Waals surface area contributed by atoms with Gasteiger partial charge in [-0.15, -0.1) is 0 Å². The highest BCUT2D eigenvalue weighted by molar-refractivity contribution is 6.35. The Labute approximate surface area is 328 Å². The van der Waals surface area contributed by atoms with Crippen LogP contribution in [-0.2, 0) is 20.0 Å². The number of halogens is 2. The van der Waals surface area contributed by atoms with Gasteiger partial charge in [-0.25, -0.2) is 0 Å². The SMILES string of the molecule is Cc1cc(OCCCc2c3n(c4c(-c5c(C)nn(CC6CCN(C)CC6)c5C)c(Cl)ccc24)[C@H](C)CN(c2cc4ccccc4n2C)C3=O)cc(C)c1Cl. The molecule has 3 aromatic heterocycles. The van der Waals surface area contributed by atoms with Crippen molar-refractivity contribution in [2.45, 2.75) is 72.9 Å². The molecular formula is C44H50Cl2N6O2. The van der Waals surface area contributed by atoms with Gasteiger partial charge in [0.2, 0.25) is 0 Å². The number of aromatic nitrogens is 4. The third-order valence-corrected chi connectivity index (χ3v) is 12.8. The number of carbonyl (C=O) groups is 1. The van der Waals surface area contributed by atoms with E-state index in [-0.39, 0.29) is 11.9 Å². The van der Waals surface area contributed by atoms with Gasteiger partial charge in [0.25, 0.3) is 5.91 Å². The number of hydrogen-bond acceptors (Lipinski definition) is 4. The van der Waals surface area contributed by atoms with Crippen molar-refractivity contribution in [3.63, 3.8) is 0 Å². The second-order valence-electron chi connectivity index (χ2n) is 15.7. The fraction of sp³-hybridized carbons (Fsp3) is 0.409. The Morgan fingerprint density at radius 3 is 2.37 bits per heavy atom. The Kier molecular flexibility index (Phi) is 9.82. The van der Waals surface area contributed by atoms with Crippen LogP contribution in [0.2, 0.25) is 10.0 Å². The first-order valence-electron chi connectivity index (χ1n) is 19.3. The molecule has 0 radical (unpaired) electrons. The van der Waals surface area contributed by atoms with E-state index in [4.69, 9.17) is 33.0 Å². The lowest BCUT2D eigenvalue weighted by atomic mass is 9.96. The first kappa shape index (κ1) is 36.7. The molecule has 8 nitrogen and oxygen atoms in total. The Balaban J connectivity index is 1.23. The van der Waals surface area contributed by atoms with E-state index < -0.39 is 0 Å². The van der Waals surface area contributed by atoms with Gasteiger partial charge in [-0.05, 0) is 133 Å². The van der Waals surface area contributed by atoms with Gasteiger partial charge in [-0.2, -0.15) is 5.10 Å². The van der Waals surface area contributed by atoms with E-state index >= 15 is 4.79 Å². The van der Waals surface area contributed by atoms with Crippen LogP contribution in [-0.4, -0.2) is 63.0 Å². The van der Waals surface area contributed by atoms with E-state index in [0.717, 1.165) is 109 Å². The molecule has 0 unspecified atom stereocenters. The lowest BCUT2D eigenvalue weighted by Gasteiger charge is -2.34. The number of nitrogens with zero attached hydrogens (tertiary/aromatic N) is 6. The van der Waals surface area contributed by atoms with Crippen molar-refractivity contribution in [3.05, 3.63) is 98.4 Å². The summed E-state index contributed by atoms with van der Waals surface area (Å²) in [6, 6.07) is 18.5. The van der Waals surface area contributed by atoms with Gasteiger partial charge >= 0.3 is 0 Å². The maximum absolute atomic E-state index is 15.1. The fourth-order valence-electron chi connectivity index (χ4n) is 9.05. The van der Waals surface area contributed by atoms with Gasteiger partial charge < -0.3 is 18.8 Å². The quantitative estimate of drug-likeness (QED) is 0.138. The lowest BCUT2D eigenvalue weighted by molar-refractivity contribution is 0.0956. The molecule has 3 aromatic carbocycles. The van der Waals surface area contributed by atoms with E-state index in [1.165, 1.54) is 12.8 Å². The minimum absolute atomic E-state index is 0.00329. The molecule has 0 N–H and O–H groups in total. The van der Waals surface area contributed by atoms with Crippen molar-refractivity contribution in [1.29, 1.82) is 0 Å². The van der Waals surface area contributed by atoms with Crippen molar-refractivity contribution in [2.24, 2.45) is 13.0 Å². The van der Waals surface area contributed by atoms with Gasteiger partial charge in [0.1, 0.15) is 17.3 Å². The molecule has 1 fully saturated rings. The van der Waals surface area contributed by atoms with Crippen LogP contribution in [0, 0.1) is 33.6 Å². The van der Waals surface area contributed by atoms with Crippen LogP contribution < -0.4 is 9.64 Å². The standard InChI is InChI=1S/C44H50Cl2N6O2/c1-26-21-33(22-27(2)41(26)46)54-20-10-12-34-35-14-15-36(45)40(39-29(4)47-51(30(39)5)25-31-16-18-48(6)19-17-31)42(35)52-28(3)24-50(44(53)43(34)52)38-23-32-11-8-9-13-37(32)49(38)7/h8-9,11,13-15,21-23,28,31H,10,12,16-20,24-25H2,1-7H3/t28-/m1/s1. The molecule has 1 saturated heterocycles. The molecule has 2 aliphatic rings. The van der Waals surface area contributed by atoms with Crippen LogP contribution in [0.15, 0.2) is 54.6 Å². The zero-order chi connectivity index (χ0) is 38.0. The maximum atomic E-state index is 15.1. The van der Waals surface area contributed by atoms with Crippen LogP contribution in [0.1, 0.15) is 70.8 Å². The number of carbonyl (C=O) groups excluding carboxylic acids is 1. The van der Waals surface area contributed by atoms with Crippen LogP contribution >= 0.6 is 23.2 Å². The second kappa shape index (κ2) is 14.4. The zero-order valence-electron chi connectivity index (χ0n) is 32.5. The zero-order valence-corrected chi connectivity index (χ0v) is 34.0. The normalized spacial score (nSPS) is 16.9. The third-order valence-electron chi connectivity index (χ3n) is 11.9. The summed E-state index contributed by atoms with van der Waals surface area (Å²) in [5.41, 5.74) is 9.97. The summed E-state index contributed by atoms with van der Waals surface area (Å²) >= 11 is 13.7. The van der Waals surface area contributed by atoms with E-state index in [2.05, 4.69) is 70.8 Å². The highest BCUT2D eigenvalue weighted by Crippen LogP contribution is 2.45. The Morgan fingerprint density at radius 2 is 1.65 bits per heavy atom. The first-order chi connectivity index (χ1) is 25.9. The van der Waals surface area contributed by atoms with Gasteiger partial charge in [0.05, 0.1) is 22.8 Å². The minimum Gasteiger partial charge on any atom is -0.494 e. The number of anilines is 1. The van der Waals surface area contributed by atoms with Gasteiger partial charge in [0, 0.05) is 64.3 Å². The van der Waals surface area contributed by atoms with Gasteiger partial charge in [0.15, 0.2) is 0 Å². The number of benzene rings is 3. The molecule has 0 saturated carbocycles. The van der Waals surface area contributed by atoms with Crippen LogP contribution in [0.3, 0.4) is 0 Å². The summed E-state index contributed by atoms with van der Waals surface area (Å²) in [6.07, 6.45) is 3.74. The largest absolute Gasteiger partial charge is 0.494 e. The van der Waals surface area contributed by atoms with Crippen molar-refractivity contribution >= 4 is 56.7 Å². The molecule has 2 aliphatic heterocycles. The van der Waals surface area contributed by atoms with Crippen LogP contribution in [0.25, 0.3) is 32.9 Å². The summed E-state index contributed by atoms with van der Waals surface area (Å²) in [6.45, 7) is 14.7. The summed E-state index contributed by atoms with van der Waals surface area (Å²) < 4.78 is 12.9. The molecule has 0 bridgehead atoms. The molecule has 8 rings (SSSR count). The number of aryl methyl sites for hydroxylation is 5. The molecule has 6 aromatic rings. The Bertz CT molecular complexity index is 2390. The van der Waals surface area contributed by atoms with Crippen molar-refractivity contribution in [3.8, 4) is 16.9 Å². The predicted octanol–water partition coefficient (Wildman–Crippen LogP) is 10.1. The number of rotatable bonds is 9. The van der Waals surface area contributed by atoms with Crippen molar-refractivity contribution in [1.82, 2.24) is 23.8 Å². The fourth-order valence-corrected chi connectivity index (χ4v) is 9.41. The van der Waals surface area contributed by atoms with Crippen LogP contribution in [0.5, 0.6) is 5.75 Å². The number of fused-ring (bicyclic) bond motifs is 4. The number of amides is 1. The van der Waals surface area contributed by atoms with E-state index in [1.807, 2.05) is 56.1 Å². The number of hydrogen-bond donors (Lipinski definition) is 0. The monoisotopic (exact) mass is 764 g/mol. The number of piperidine rings is 1. The molecule has 10 heteroatoms. The molecule has 0 spiro atoms. The smallest absolute Gasteiger partial charge is 0.276 e. The van der Waals surface area contributed by atoms with Gasteiger partial charge in [-0.3, -0.25) is 14.4 Å². The first-order valence-corrected chi connectivity index (χ1v) is 20.0. The maximum Gasteiger partial charge on any atom is 0.276 e. The summed E-state index contributed by atoms with van der Waals surface area (Å²) in [4.78, 5) is 19.4. The molecule has 1 amide bonds. The number of ether oxygens (including phenoxy) is 1. The summed E-state index contributed by atoms with van der Waals surface area (Å²) in [7, 11) is 4.25. The molecule has 54 heavy (non-hydrogen) atoms. The third kappa shape index (κ3) is 6.30. The molecule has 1 atom stereocenters.